The third kappa shape index (κ3) is 5.27. The van der Waals surface area contributed by atoms with Crippen molar-refractivity contribution in [3.8, 4) is 17.1 Å². The number of carbonyl (C=O) groups is 2. The second kappa shape index (κ2) is 12.0. The van der Waals surface area contributed by atoms with E-state index in [-0.39, 0.29) is 23.3 Å². The van der Waals surface area contributed by atoms with Crippen LogP contribution in [-0.4, -0.2) is 35.3 Å². The van der Waals surface area contributed by atoms with Gasteiger partial charge in [0.15, 0.2) is 4.80 Å². The minimum atomic E-state index is -1.01. The molecule has 3 heterocycles. The average Bonchev–Trinajstić information content (AvgIpc) is 3.64. The Hall–Kier alpha value is -5.48. The number of furan rings is 1. The van der Waals surface area contributed by atoms with Crippen LogP contribution in [0.1, 0.15) is 40.2 Å². The van der Waals surface area contributed by atoms with Crippen LogP contribution < -0.4 is 19.6 Å². The highest BCUT2D eigenvalue weighted by Crippen LogP contribution is 2.38. The first kappa shape index (κ1) is 28.6. The lowest BCUT2D eigenvalue weighted by Gasteiger charge is -2.27. The molecule has 1 aliphatic rings. The molecule has 1 aliphatic heterocycles. The minimum absolute atomic E-state index is 0.146. The third-order valence-electron chi connectivity index (χ3n) is 7.12. The second-order valence-corrected chi connectivity index (χ2v) is 10.8. The number of fused-ring (bicyclic) bond motifs is 1. The van der Waals surface area contributed by atoms with Crippen molar-refractivity contribution in [3.05, 3.63) is 139 Å². The summed E-state index contributed by atoms with van der Waals surface area (Å²) in [7, 11) is 1.54. The van der Waals surface area contributed by atoms with E-state index < -0.39 is 18.0 Å². The lowest BCUT2D eigenvalue weighted by atomic mass is 9.92. The predicted molar refractivity (Wildman–Crippen MR) is 165 cm³/mol. The molecule has 0 bridgehead atoms. The molecule has 0 amide bonds. The predicted octanol–water partition coefficient (Wildman–Crippen LogP) is 4.90. The first-order chi connectivity index (χ1) is 21.4. The van der Waals surface area contributed by atoms with Crippen LogP contribution in [0.5, 0.6) is 5.75 Å². The van der Waals surface area contributed by atoms with Gasteiger partial charge in [-0.1, -0.05) is 72.0 Å². The number of ether oxygens (including phenoxy) is 2. The van der Waals surface area contributed by atoms with E-state index in [9.17, 15) is 19.5 Å². The Morgan fingerprint density at radius 3 is 2.41 bits per heavy atom. The summed E-state index contributed by atoms with van der Waals surface area (Å²) in [5.41, 5.74) is 2.46. The Labute approximate surface area is 255 Å². The van der Waals surface area contributed by atoms with Gasteiger partial charge in [0.05, 0.1) is 35.1 Å². The number of rotatable bonds is 8. The Balaban J connectivity index is 1.54. The smallest absolute Gasteiger partial charge is 0.338 e. The fraction of sp³-hybridized carbons (Fsp3) is 0.118. The van der Waals surface area contributed by atoms with Gasteiger partial charge in [-0.25, -0.2) is 14.6 Å². The molecular formula is C34H26N2O7S. The average molecular weight is 607 g/mol. The Morgan fingerprint density at radius 2 is 1.70 bits per heavy atom. The third-order valence-corrected chi connectivity index (χ3v) is 8.11. The number of carbonyl (C=O) groups excluding carboxylic acids is 1. The number of hydrogen-bond donors (Lipinski definition) is 1. The van der Waals surface area contributed by atoms with Gasteiger partial charge < -0.3 is 19.0 Å². The van der Waals surface area contributed by atoms with E-state index in [2.05, 4.69) is 0 Å². The molecule has 220 valence electrons. The number of aromatic nitrogens is 1. The Bertz CT molecular complexity index is 2090. The number of para-hydroxylation sites is 1. The van der Waals surface area contributed by atoms with Gasteiger partial charge in [0.2, 0.25) is 0 Å². The molecule has 0 saturated heterocycles. The zero-order chi connectivity index (χ0) is 30.8. The quantitative estimate of drug-likeness (QED) is 0.250. The molecule has 0 spiro atoms. The summed E-state index contributed by atoms with van der Waals surface area (Å²) < 4.78 is 19.1. The van der Waals surface area contributed by atoms with Crippen molar-refractivity contribution in [2.45, 2.75) is 13.0 Å². The molecule has 0 aliphatic carbocycles. The highest BCUT2D eigenvalue weighted by atomic mass is 32.1. The molecule has 0 radical (unpaired) electrons. The lowest BCUT2D eigenvalue weighted by molar-refractivity contribution is -0.138. The number of hydrogen-bond acceptors (Lipinski definition) is 8. The van der Waals surface area contributed by atoms with Crippen molar-refractivity contribution in [2.75, 3.05) is 13.7 Å². The summed E-state index contributed by atoms with van der Waals surface area (Å²) >= 11 is 1.18. The van der Waals surface area contributed by atoms with E-state index in [1.54, 1.807) is 43.3 Å². The van der Waals surface area contributed by atoms with Crippen LogP contribution in [0.2, 0.25) is 0 Å². The van der Waals surface area contributed by atoms with Crippen molar-refractivity contribution >= 4 is 35.0 Å². The van der Waals surface area contributed by atoms with E-state index in [1.807, 2.05) is 48.5 Å². The standard InChI is InChI=1S/C34H26N2O7S/c1-3-42-33(40)28-29(21-9-5-4-6-10-21)35-34-36(30(28)24-11-7-8-12-26(24)41-2)31(37)27(44-34)19-23-17-18-25(43-23)20-13-15-22(16-14-20)32(38)39/h4-19,30H,3H2,1-2H3,(H,38,39)/b27-19+/t30-/m0/s1. The second-order valence-electron chi connectivity index (χ2n) is 9.76. The number of methoxy groups -OCH3 is 1. The van der Waals surface area contributed by atoms with Gasteiger partial charge in [-0.15, -0.1) is 0 Å². The van der Waals surface area contributed by atoms with Crippen LogP contribution in [0, 0.1) is 0 Å². The molecule has 44 heavy (non-hydrogen) atoms. The molecule has 9 nitrogen and oxygen atoms in total. The van der Waals surface area contributed by atoms with Crippen LogP contribution >= 0.6 is 11.3 Å². The number of nitrogens with zero attached hydrogens (tertiary/aromatic N) is 2. The minimum Gasteiger partial charge on any atom is -0.496 e. The van der Waals surface area contributed by atoms with Crippen LogP contribution in [0.15, 0.2) is 111 Å². The van der Waals surface area contributed by atoms with E-state index in [0.29, 0.717) is 49.0 Å². The summed E-state index contributed by atoms with van der Waals surface area (Å²) in [6, 6.07) is 25.5. The van der Waals surface area contributed by atoms with E-state index in [0.717, 1.165) is 0 Å². The number of benzene rings is 3. The lowest BCUT2D eigenvalue weighted by Crippen LogP contribution is -2.40. The maximum Gasteiger partial charge on any atom is 0.338 e. The molecule has 1 atom stereocenters. The van der Waals surface area contributed by atoms with Crippen molar-refractivity contribution in [1.29, 1.82) is 0 Å². The number of aromatic carboxylic acids is 1. The monoisotopic (exact) mass is 606 g/mol. The first-order valence-corrected chi connectivity index (χ1v) is 14.6. The summed E-state index contributed by atoms with van der Waals surface area (Å²) in [4.78, 5) is 44.2. The maximum atomic E-state index is 14.1. The first-order valence-electron chi connectivity index (χ1n) is 13.7. The SMILES string of the molecule is CCOC(=O)C1=C(c2ccccc2)N=c2s/c(=C/c3ccc(-c4ccc(C(=O)O)cc4)o3)c(=O)n2[C@H]1c1ccccc1OC. The van der Waals surface area contributed by atoms with Crippen LogP contribution in [0.4, 0.5) is 0 Å². The Morgan fingerprint density at radius 1 is 0.977 bits per heavy atom. The highest BCUT2D eigenvalue weighted by Gasteiger charge is 2.36. The normalized spacial score (nSPS) is 14.6. The van der Waals surface area contributed by atoms with E-state index in [4.69, 9.17) is 18.9 Å². The highest BCUT2D eigenvalue weighted by molar-refractivity contribution is 7.07. The largest absolute Gasteiger partial charge is 0.496 e. The van der Waals surface area contributed by atoms with Gasteiger partial charge in [0, 0.05) is 22.8 Å². The zero-order valence-corrected chi connectivity index (χ0v) is 24.5. The van der Waals surface area contributed by atoms with E-state index in [1.165, 1.54) is 35.1 Å². The summed E-state index contributed by atoms with van der Waals surface area (Å²) in [5, 5.41) is 9.18. The van der Waals surface area contributed by atoms with E-state index >= 15 is 0 Å². The number of thiazole rings is 1. The summed E-state index contributed by atoms with van der Waals surface area (Å²) in [6.07, 6.45) is 1.63. The van der Waals surface area contributed by atoms with Crippen LogP contribution in [-0.2, 0) is 9.53 Å². The Kier molecular flexibility index (Phi) is 7.82. The van der Waals surface area contributed by atoms with Gasteiger partial charge in [0.1, 0.15) is 23.3 Å². The molecule has 1 N–H and O–H groups in total. The van der Waals surface area contributed by atoms with Crippen molar-refractivity contribution in [1.82, 2.24) is 4.57 Å². The molecule has 0 saturated carbocycles. The summed E-state index contributed by atoms with van der Waals surface area (Å²) in [6.45, 7) is 1.87. The molecule has 0 fully saturated rings. The number of esters is 1. The molecule has 5 aromatic rings. The van der Waals surface area contributed by atoms with Gasteiger partial charge in [-0.05, 0) is 37.3 Å². The number of carboxylic acid groups (broad SMARTS) is 1. The molecule has 2 aromatic heterocycles. The van der Waals surface area contributed by atoms with Gasteiger partial charge in [-0.2, -0.15) is 0 Å². The van der Waals surface area contributed by atoms with Gasteiger partial charge >= 0.3 is 11.9 Å². The van der Waals surface area contributed by atoms with Crippen molar-refractivity contribution < 1.29 is 28.6 Å². The fourth-order valence-corrected chi connectivity index (χ4v) is 6.10. The van der Waals surface area contributed by atoms with Crippen LogP contribution in [0.3, 0.4) is 0 Å². The molecule has 0 unspecified atom stereocenters. The number of carboxylic acids is 1. The van der Waals surface area contributed by atoms with Crippen molar-refractivity contribution in [2.24, 2.45) is 4.99 Å². The zero-order valence-electron chi connectivity index (χ0n) is 23.7. The summed E-state index contributed by atoms with van der Waals surface area (Å²) in [5.74, 6) is -0.143. The molecular weight excluding hydrogens is 580 g/mol. The van der Waals surface area contributed by atoms with Gasteiger partial charge in [0.25, 0.3) is 5.56 Å². The topological polar surface area (TPSA) is 120 Å². The molecule has 10 heteroatoms. The van der Waals surface area contributed by atoms with Gasteiger partial charge in [-0.3, -0.25) is 9.36 Å². The van der Waals surface area contributed by atoms with Crippen LogP contribution in [0.25, 0.3) is 23.1 Å². The maximum absolute atomic E-state index is 14.1. The van der Waals surface area contributed by atoms with Crippen molar-refractivity contribution in [3.63, 3.8) is 0 Å². The fourth-order valence-electron chi connectivity index (χ4n) is 5.12. The molecule has 3 aromatic carbocycles. The molecule has 6 rings (SSSR count).